The molecule has 1 aromatic heterocycles. The van der Waals surface area contributed by atoms with Crippen LogP contribution in [0.25, 0.3) is 0 Å². The summed E-state index contributed by atoms with van der Waals surface area (Å²) >= 11 is 0. The van der Waals surface area contributed by atoms with E-state index in [1.54, 1.807) is 10.4 Å². The minimum absolute atomic E-state index is 0.291. The molecule has 8 heteroatoms. The number of piperazine rings is 1. The Hall–Kier alpha value is -1.22. The van der Waals surface area contributed by atoms with Crippen molar-refractivity contribution in [2.45, 2.75) is 43.7 Å². The van der Waals surface area contributed by atoms with Gasteiger partial charge in [0.05, 0.1) is 0 Å². The normalized spacial score (nSPS) is 21.7. The van der Waals surface area contributed by atoms with E-state index in [2.05, 4.69) is 40.6 Å². The van der Waals surface area contributed by atoms with Crippen molar-refractivity contribution in [2.24, 2.45) is 0 Å². The van der Waals surface area contributed by atoms with Crippen LogP contribution < -0.4 is 4.90 Å². The summed E-state index contributed by atoms with van der Waals surface area (Å²) in [5, 5.41) is 0. The summed E-state index contributed by atoms with van der Waals surface area (Å²) in [7, 11) is 0.627. The third kappa shape index (κ3) is 4.62. The number of hydrogen-bond acceptors (Lipinski definition) is 6. The number of sulfonamides is 1. The maximum atomic E-state index is 12.8. The Balaban J connectivity index is 1.64. The number of anilines is 1. The van der Waals surface area contributed by atoms with Crippen LogP contribution in [0.5, 0.6) is 0 Å². The first-order valence-electron chi connectivity index (χ1n) is 9.90. The van der Waals surface area contributed by atoms with Gasteiger partial charge in [-0.15, -0.1) is 0 Å². The molecular formula is C19H33N5O2S. The van der Waals surface area contributed by atoms with Crippen LogP contribution in [0.1, 0.15) is 26.7 Å². The number of nitrogens with zero attached hydrogens (tertiary/aromatic N) is 5. The zero-order valence-electron chi connectivity index (χ0n) is 17.0. The quantitative estimate of drug-likeness (QED) is 0.750. The number of pyridine rings is 1. The molecule has 3 heterocycles. The Bertz CT molecular complexity index is 706. The van der Waals surface area contributed by atoms with Crippen molar-refractivity contribution in [3.05, 3.63) is 18.3 Å². The summed E-state index contributed by atoms with van der Waals surface area (Å²) < 4.78 is 27.2. The van der Waals surface area contributed by atoms with Crippen molar-refractivity contribution in [3.63, 3.8) is 0 Å². The van der Waals surface area contributed by atoms with Gasteiger partial charge in [-0.2, -0.15) is 4.31 Å². The van der Waals surface area contributed by atoms with E-state index in [1.165, 1.54) is 6.20 Å². The molecule has 0 N–H and O–H groups in total. The summed E-state index contributed by atoms with van der Waals surface area (Å²) in [6.45, 7) is 9.29. The minimum atomic E-state index is -3.45. The lowest BCUT2D eigenvalue weighted by atomic mass is 10.0. The summed E-state index contributed by atoms with van der Waals surface area (Å²) in [5.41, 5.74) is 0. The molecule has 0 unspecified atom stereocenters. The van der Waals surface area contributed by atoms with Gasteiger partial charge < -0.3 is 14.7 Å². The van der Waals surface area contributed by atoms with Gasteiger partial charge in [0.1, 0.15) is 10.7 Å². The maximum absolute atomic E-state index is 12.8. The van der Waals surface area contributed by atoms with Crippen LogP contribution in [0.3, 0.4) is 0 Å². The smallest absolute Gasteiger partial charge is 0.244 e. The van der Waals surface area contributed by atoms with Gasteiger partial charge in [0, 0.05) is 64.6 Å². The highest BCUT2D eigenvalue weighted by atomic mass is 32.2. The standard InChI is InChI=1S/C19H33N5O2S/c1-16(2)23-9-7-17(8-10-23)22(4)19-6-5-18(15-20-19)27(25,26)24-13-11-21(3)12-14-24/h5-6,15-17H,7-14H2,1-4H3. The Kier molecular flexibility index (Phi) is 6.40. The lowest BCUT2D eigenvalue weighted by Gasteiger charge is -2.39. The molecule has 0 aliphatic carbocycles. The number of aromatic nitrogens is 1. The molecule has 2 saturated heterocycles. The van der Waals surface area contributed by atoms with E-state index < -0.39 is 10.0 Å². The van der Waals surface area contributed by atoms with E-state index in [0.29, 0.717) is 30.1 Å². The number of likely N-dealkylation sites (tertiary alicyclic amines) is 1. The van der Waals surface area contributed by atoms with E-state index in [9.17, 15) is 8.42 Å². The van der Waals surface area contributed by atoms with Crippen LogP contribution in [0, 0.1) is 0 Å². The average molecular weight is 396 g/mol. The minimum Gasteiger partial charge on any atom is -0.357 e. The first-order chi connectivity index (χ1) is 12.8. The Morgan fingerprint density at radius 3 is 2.22 bits per heavy atom. The molecule has 0 amide bonds. The summed E-state index contributed by atoms with van der Waals surface area (Å²) in [4.78, 5) is 11.6. The van der Waals surface area contributed by atoms with E-state index in [1.807, 2.05) is 13.1 Å². The molecule has 0 aromatic carbocycles. The van der Waals surface area contributed by atoms with Crippen molar-refractivity contribution in [3.8, 4) is 0 Å². The van der Waals surface area contributed by atoms with Gasteiger partial charge in [-0.25, -0.2) is 13.4 Å². The van der Waals surface area contributed by atoms with Crippen LogP contribution in [-0.2, 0) is 10.0 Å². The lowest BCUT2D eigenvalue weighted by molar-refractivity contribution is 0.171. The van der Waals surface area contributed by atoms with E-state index in [4.69, 9.17) is 0 Å². The SMILES string of the molecule is CC(C)N1CCC(N(C)c2ccc(S(=O)(=O)N3CCN(C)CC3)cn2)CC1. The van der Waals surface area contributed by atoms with Gasteiger partial charge in [0.15, 0.2) is 0 Å². The van der Waals surface area contributed by atoms with Crippen LogP contribution >= 0.6 is 0 Å². The molecule has 0 bridgehead atoms. The molecule has 1 aromatic rings. The summed E-state index contributed by atoms with van der Waals surface area (Å²) in [5.74, 6) is 0.843. The van der Waals surface area contributed by atoms with Crippen molar-refractivity contribution in [1.29, 1.82) is 0 Å². The molecular weight excluding hydrogens is 362 g/mol. The van der Waals surface area contributed by atoms with E-state index >= 15 is 0 Å². The predicted molar refractivity (Wildman–Crippen MR) is 109 cm³/mol. The molecule has 0 spiro atoms. The van der Waals surface area contributed by atoms with Crippen LogP contribution in [0.2, 0.25) is 0 Å². The zero-order valence-corrected chi connectivity index (χ0v) is 17.8. The molecule has 27 heavy (non-hydrogen) atoms. The van der Waals surface area contributed by atoms with Crippen LogP contribution in [0.15, 0.2) is 23.2 Å². The first-order valence-corrected chi connectivity index (χ1v) is 11.3. The van der Waals surface area contributed by atoms with Gasteiger partial charge in [-0.3, -0.25) is 0 Å². The highest BCUT2D eigenvalue weighted by Gasteiger charge is 2.28. The Labute approximate surface area is 164 Å². The number of piperidine rings is 1. The number of likely N-dealkylation sites (N-methyl/N-ethyl adjacent to an activating group) is 1. The molecule has 7 nitrogen and oxygen atoms in total. The second-order valence-electron chi connectivity index (χ2n) is 8.03. The third-order valence-corrected chi connectivity index (χ3v) is 7.84. The monoisotopic (exact) mass is 395 g/mol. The van der Waals surface area contributed by atoms with Gasteiger partial charge in [-0.1, -0.05) is 0 Å². The fraction of sp³-hybridized carbons (Fsp3) is 0.737. The highest BCUT2D eigenvalue weighted by Crippen LogP contribution is 2.23. The molecule has 2 aliphatic rings. The second-order valence-corrected chi connectivity index (χ2v) is 9.97. The Morgan fingerprint density at radius 1 is 1.07 bits per heavy atom. The largest absolute Gasteiger partial charge is 0.357 e. The van der Waals surface area contributed by atoms with E-state index in [0.717, 1.165) is 44.8 Å². The highest BCUT2D eigenvalue weighted by molar-refractivity contribution is 7.89. The summed E-state index contributed by atoms with van der Waals surface area (Å²) in [6, 6.07) is 4.59. The van der Waals surface area contributed by atoms with Gasteiger partial charge in [0.25, 0.3) is 0 Å². The molecule has 0 saturated carbocycles. The van der Waals surface area contributed by atoms with Gasteiger partial charge >= 0.3 is 0 Å². The number of hydrogen-bond donors (Lipinski definition) is 0. The molecule has 152 valence electrons. The zero-order chi connectivity index (χ0) is 19.6. The van der Waals surface area contributed by atoms with E-state index in [-0.39, 0.29) is 0 Å². The molecule has 0 atom stereocenters. The second kappa shape index (κ2) is 8.43. The summed E-state index contributed by atoms with van der Waals surface area (Å²) in [6.07, 6.45) is 3.73. The maximum Gasteiger partial charge on any atom is 0.244 e. The molecule has 0 radical (unpaired) electrons. The molecule has 3 rings (SSSR count). The lowest BCUT2D eigenvalue weighted by Crippen LogP contribution is -2.47. The molecule has 2 aliphatic heterocycles. The number of rotatable bonds is 5. The fourth-order valence-corrected chi connectivity index (χ4v) is 5.26. The van der Waals surface area contributed by atoms with Crippen molar-refractivity contribution >= 4 is 15.8 Å². The fourth-order valence-electron chi connectivity index (χ4n) is 3.89. The van der Waals surface area contributed by atoms with Crippen LogP contribution in [0.4, 0.5) is 5.82 Å². The third-order valence-electron chi connectivity index (χ3n) is 5.96. The molecule has 2 fully saturated rings. The Morgan fingerprint density at radius 2 is 1.70 bits per heavy atom. The van der Waals surface area contributed by atoms with Gasteiger partial charge in [-0.05, 0) is 45.9 Å². The predicted octanol–water partition coefficient (Wildman–Crippen LogP) is 1.33. The van der Waals surface area contributed by atoms with Crippen molar-refractivity contribution in [2.75, 3.05) is 58.3 Å². The van der Waals surface area contributed by atoms with Crippen LogP contribution in [-0.4, -0.2) is 93.0 Å². The topological polar surface area (TPSA) is 60.0 Å². The van der Waals surface area contributed by atoms with Crippen molar-refractivity contribution in [1.82, 2.24) is 19.1 Å². The first kappa shape index (κ1) is 20.5. The average Bonchev–Trinajstić information content (AvgIpc) is 2.68. The van der Waals surface area contributed by atoms with Crippen molar-refractivity contribution < 1.29 is 8.42 Å². The van der Waals surface area contributed by atoms with Gasteiger partial charge in [0.2, 0.25) is 10.0 Å².